The number of nitrogens with zero attached hydrogens (tertiary/aromatic N) is 2. The number of hydrogen-bond acceptors (Lipinski definition) is 8. The largest absolute Gasteiger partial charge is 0.508 e. The lowest BCUT2D eigenvalue weighted by atomic mass is 10.1. The van der Waals surface area contributed by atoms with Gasteiger partial charge in [0.05, 0.1) is 19.5 Å². The number of nitrogens with one attached hydrogen (secondary N) is 2. The predicted molar refractivity (Wildman–Crippen MR) is 157 cm³/mol. The van der Waals surface area contributed by atoms with Crippen LogP contribution in [0.1, 0.15) is 43.0 Å². The maximum atomic E-state index is 11.9. The molecule has 5 N–H and O–H groups in total. The van der Waals surface area contributed by atoms with E-state index in [0.29, 0.717) is 28.0 Å². The second-order valence-electron chi connectivity index (χ2n) is 8.81. The highest BCUT2D eigenvalue weighted by atomic mass is 16.5. The van der Waals surface area contributed by atoms with Gasteiger partial charge >= 0.3 is 0 Å². The van der Waals surface area contributed by atoms with Gasteiger partial charge in [-0.15, -0.1) is 0 Å². The Labute approximate surface area is 237 Å². The van der Waals surface area contributed by atoms with E-state index in [0.717, 1.165) is 11.1 Å². The fourth-order valence-corrected chi connectivity index (χ4v) is 3.42. The molecule has 0 saturated carbocycles. The number of rotatable bonds is 7. The number of amides is 2. The average Bonchev–Trinajstić information content (AvgIpc) is 2.95. The molecule has 10 nitrogen and oxygen atoms in total. The lowest BCUT2D eigenvalue weighted by molar-refractivity contribution is 0.0947. The summed E-state index contributed by atoms with van der Waals surface area (Å²) in [6.45, 7) is 3.81. The lowest BCUT2D eigenvalue weighted by Gasteiger charge is -2.03. The molecule has 0 aliphatic rings. The molecular formula is C31H30N4O6. The molecule has 0 bridgehead atoms. The minimum Gasteiger partial charge on any atom is -0.508 e. The predicted octanol–water partition coefficient (Wildman–Crippen LogP) is 4.64. The SMILES string of the molecule is COc1ccc(/C=N/NC(=O)c2cccc(C)c2)c(O)c1.Cc1cccc(C(=O)N/N=C/c2ccc(O)cc2O)c1. The lowest BCUT2D eigenvalue weighted by Crippen LogP contribution is -2.17. The zero-order chi connectivity index (χ0) is 29.8. The third kappa shape index (κ3) is 9.25. The number of hydrazone groups is 2. The minimum atomic E-state index is -0.330. The van der Waals surface area contributed by atoms with Crippen LogP contribution in [0.4, 0.5) is 0 Å². The molecule has 0 aromatic heterocycles. The van der Waals surface area contributed by atoms with Crippen LogP contribution >= 0.6 is 0 Å². The number of hydrogen-bond donors (Lipinski definition) is 5. The van der Waals surface area contributed by atoms with Crippen molar-refractivity contribution in [2.75, 3.05) is 7.11 Å². The number of carbonyl (C=O) groups is 2. The smallest absolute Gasteiger partial charge is 0.271 e. The zero-order valence-corrected chi connectivity index (χ0v) is 22.7. The van der Waals surface area contributed by atoms with Gasteiger partial charge in [0.15, 0.2) is 0 Å². The summed E-state index contributed by atoms with van der Waals surface area (Å²) in [5.41, 5.74) is 8.70. The number of aromatic hydroxyl groups is 3. The number of methoxy groups -OCH3 is 1. The molecule has 0 fully saturated rings. The Balaban J connectivity index is 0.000000226. The molecule has 0 atom stereocenters. The molecule has 0 aliphatic heterocycles. The van der Waals surface area contributed by atoms with E-state index >= 15 is 0 Å². The van der Waals surface area contributed by atoms with Crippen molar-refractivity contribution in [3.8, 4) is 23.0 Å². The Kier molecular flexibility index (Phi) is 10.6. The van der Waals surface area contributed by atoms with Gasteiger partial charge in [-0.05, 0) is 62.4 Å². The van der Waals surface area contributed by atoms with Gasteiger partial charge < -0.3 is 20.1 Å². The summed E-state index contributed by atoms with van der Waals surface area (Å²) in [5.74, 6) is -0.204. The van der Waals surface area contributed by atoms with Crippen LogP contribution < -0.4 is 15.6 Å². The van der Waals surface area contributed by atoms with Gasteiger partial charge in [-0.3, -0.25) is 9.59 Å². The third-order valence-electron chi connectivity index (χ3n) is 5.55. The second-order valence-corrected chi connectivity index (χ2v) is 8.81. The molecule has 4 rings (SSSR count). The van der Waals surface area contributed by atoms with Gasteiger partial charge in [0, 0.05) is 34.4 Å². The first kappa shape index (κ1) is 29.9. The Bertz CT molecular complexity index is 1580. The molecule has 41 heavy (non-hydrogen) atoms. The third-order valence-corrected chi connectivity index (χ3v) is 5.55. The summed E-state index contributed by atoms with van der Waals surface area (Å²) in [6.07, 6.45) is 2.69. The fourth-order valence-electron chi connectivity index (χ4n) is 3.42. The van der Waals surface area contributed by atoms with Crippen LogP contribution in [-0.4, -0.2) is 46.7 Å². The molecule has 0 spiro atoms. The van der Waals surface area contributed by atoms with E-state index in [1.54, 1.807) is 42.5 Å². The van der Waals surface area contributed by atoms with Crippen LogP contribution in [-0.2, 0) is 0 Å². The van der Waals surface area contributed by atoms with E-state index in [9.17, 15) is 19.8 Å². The maximum absolute atomic E-state index is 11.9. The fraction of sp³-hybridized carbons (Fsp3) is 0.0968. The molecule has 210 valence electrons. The Morgan fingerprint density at radius 3 is 1.61 bits per heavy atom. The van der Waals surface area contributed by atoms with E-state index < -0.39 is 0 Å². The summed E-state index contributed by atoms with van der Waals surface area (Å²) in [6, 6.07) is 23.3. The van der Waals surface area contributed by atoms with Crippen molar-refractivity contribution in [3.05, 3.63) is 118 Å². The van der Waals surface area contributed by atoms with Gasteiger partial charge in [-0.25, -0.2) is 10.9 Å². The first-order valence-corrected chi connectivity index (χ1v) is 12.4. The van der Waals surface area contributed by atoms with Gasteiger partial charge in [-0.1, -0.05) is 35.4 Å². The normalized spacial score (nSPS) is 10.6. The number of phenols is 3. The summed E-state index contributed by atoms with van der Waals surface area (Å²) in [7, 11) is 1.52. The van der Waals surface area contributed by atoms with Gasteiger partial charge in [0.25, 0.3) is 11.8 Å². The highest BCUT2D eigenvalue weighted by Gasteiger charge is 2.05. The van der Waals surface area contributed by atoms with Crippen LogP contribution in [0.15, 0.2) is 95.1 Å². The monoisotopic (exact) mass is 554 g/mol. The van der Waals surface area contributed by atoms with Crippen LogP contribution in [0, 0.1) is 13.8 Å². The minimum absolute atomic E-state index is 0.0305. The van der Waals surface area contributed by atoms with Crippen molar-refractivity contribution < 1.29 is 29.6 Å². The molecule has 0 heterocycles. The van der Waals surface area contributed by atoms with E-state index in [1.165, 1.54) is 43.8 Å². The summed E-state index contributed by atoms with van der Waals surface area (Å²) in [4.78, 5) is 23.7. The highest BCUT2D eigenvalue weighted by molar-refractivity contribution is 5.96. The van der Waals surface area contributed by atoms with E-state index in [-0.39, 0.29) is 29.1 Å². The summed E-state index contributed by atoms with van der Waals surface area (Å²) >= 11 is 0. The number of ether oxygens (including phenoxy) is 1. The molecular weight excluding hydrogens is 524 g/mol. The topological polar surface area (TPSA) is 153 Å². The first-order chi connectivity index (χ1) is 19.7. The number of aryl methyl sites for hydroxylation is 2. The van der Waals surface area contributed by atoms with Crippen LogP contribution in [0.5, 0.6) is 23.0 Å². The maximum Gasteiger partial charge on any atom is 0.271 e. The molecule has 4 aromatic rings. The quantitative estimate of drug-likeness (QED) is 0.166. The molecule has 0 unspecified atom stereocenters. The van der Waals surface area contributed by atoms with E-state index in [4.69, 9.17) is 9.84 Å². The Hall–Kier alpha value is -5.64. The van der Waals surface area contributed by atoms with Crippen molar-refractivity contribution >= 4 is 24.2 Å². The average molecular weight is 555 g/mol. The molecule has 0 saturated heterocycles. The zero-order valence-electron chi connectivity index (χ0n) is 22.7. The van der Waals surface area contributed by atoms with Crippen molar-refractivity contribution in [2.24, 2.45) is 10.2 Å². The standard InChI is InChI=1S/C16H16N2O3.C15H14N2O3/c1-11-4-3-5-12(8-11)16(20)18-17-10-13-6-7-14(21-2)9-15(13)19;1-10-3-2-4-11(7-10)15(20)17-16-9-12-5-6-13(18)8-14(12)19/h3-10,19H,1-2H3,(H,18,20);2-9,18-19H,1H3,(H,17,20)/b17-10+;16-9+. The highest BCUT2D eigenvalue weighted by Crippen LogP contribution is 2.22. The molecule has 0 aliphatic carbocycles. The Morgan fingerprint density at radius 2 is 1.17 bits per heavy atom. The molecule has 4 aromatic carbocycles. The number of benzene rings is 4. The van der Waals surface area contributed by atoms with Crippen LogP contribution in [0.3, 0.4) is 0 Å². The van der Waals surface area contributed by atoms with Crippen LogP contribution in [0.25, 0.3) is 0 Å². The molecule has 0 radical (unpaired) electrons. The van der Waals surface area contributed by atoms with Crippen molar-refractivity contribution in [3.63, 3.8) is 0 Å². The number of carbonyl (C=O) groups excluding carboxylic acids is 2. The van der Waals surface area contributed by atoms with Crippen molar-refractivity contribution in [1.82, 2.24) is 10.9 Å². The molecule has 2 amide bonds. The summed E-state index contributed by atoms with van der Waals surface area (Å²) in [5, 5.41) is 36.1. The van der Waals surface area contributed by atoms with E-state index in [2.05, 4.69) is 21.1 Å². The second kappa shape index (κ2) is 14.5. The first-order valence-electron chi connectivity index (χ1n) is 12.4. The van der Waals surface area contributed by atoms with Crippen LogP contribution in [0.2, 0.25) is 0 Å². The molecule has 10 heteroatoms. The van der Waals surface area contributed by atoms with Gasteiger partial charge in [0.2, 0.25) is 0 Å². The van der Waals surface area contributed by atoms with Gasteiger partial charge in [-0.2, -0.15) is 10.2 Å². The van der Waals surface area contributed by atoms with E-state index in [1.807, 2.05) is 32.0 Å². The number of phenolic OH excluding ortho intramolecular Hbond substituents is 3. The van der Waals surface area contributed by atoms with Gasteiger partial charge in [0.1, 0.15) is 23.0 Å². The van der Waals surface area contributed by atoms with Crippen molar-refractivity contribution in [2.45, 2.75) is 13.8 Å². The Morgan fingerprint density at radius 1 is 0.683 bits per heavy atom. The van der Waals surface area contributed by atoms with Crippen molar-refractivity contribution in [1.29, 1.82) is 0 Å². The summed E-state index contributed by atoms with van der Waals surface area (Å²) < 4.78 is 4.99.